The van der Waals surface area contributed by atoms with E-state index in [1.807, 2.05) is 27.7 Å². The third kappa shape index (κ3) is 3.84. The van der Waals surface area contributed by atoms with Crippen LogP contribution in [-0.2, 0) is 0 Å². The summed E-state index contributed by atoms with van der Waals surface area (Å²) in [5.41, 5.74) is 0.0294. The van der Waals surface area contributed by atoms with Gasteiger partial charge in [0, 0.05) is 11.6 Å². The highest BCUT2D eigenvalue weighted by atomic mass is 16.5. The van der Waals surface area contributed by atoms with Crippen LogP contribution in [0.5, 0.6) is 5.88 Å². The van der Waals surface area contributed by atoms with Gasteiger partial charge < -0.3 is 10.1 Å². The molecule has 0 aliphatic heterocycles. The van der Waals surface area contributed by atoms with E-state index in [0.717, 1.165) is 0 Å². The quantitative estimate of drug-likeness (QED) is 0.841. The summed E-state index contributed by atoms with van der Waals surface area (Å²) >= 11 is 0. The van der Waals surface area contributed by atoms with Crippen molar-refractivity contribution in [2.45, 2.75) is 33.2 Å². The number of hydrogen-bond acceptors (Lipinski definition) is 4. The minimum atomic E-state index is -0.284. The molecule has 0 spiro atoms. The van der Waals surface area contributed by atoms with Gasteiger partial charge in [0.2, 0.25) is 5.88 Å². The Kier molecular flexibility index (Phi) is 3.82. The average molecular weight is 223 g/mol. The number of ether oxygens (including phenoxy) is 1. The maximum atomic E-state index is 11.8. The first-order valence-corrected chi connectivity index (χ1v) is 5.19. The summed E-state index contributed by atoms with van der Waals surface area (Å²) in [6.45, 7) is 8.11. The second-order valence-electron chi connectivity index (χ2n) is 4.38. The van der Waals surface area contributed by atoms with E-state index in [1.54, 1.807) is 0 Å². The second-order valence-corrected chi connectivity index (χ2v) is 4.38. The molecule has 1 amide bonds. The molecule has 1 rings (SSSR count). The van der Waals surface area contributed by atoms with E-state index in [1.165, 1.54) is 12.4 Å². The summed E-state index contributed by atoms with van der Waals surface area (Å²) in [5.74, 6) is 0.187. The lowest BCUT2D eigenvalue weighted by atomic mass is 10.1. The fraction of sp³-hybridized carbons (Fsp3) is 0.545. The molecule has 0 saturated heterocycles. The summed E-state index contributed by atoms with van der Waals surface area (Å²) in [5, 5.41) is 2.82. The van der Waals surface area contributed by atoms with Gasteiger partial charge >= 0.3 is 0 Å². The molecule has 88 valence electrons. The second kappa shape index (κ2) is 4.92. The highest BCUT2D eigenvalue weighted by Gasteiger charge is 2.16. The van der Waals surface area contributed by atoms with Crippen molar-refractivity contribution in [1.82, 2.24) is 15.3 Å². The Morgan fingerprint density at radius 2 is 2.12 bits per heavy atom. The van der Waals surface area contributed by atoms with E-state index in [-0.39, 0.29) is 11.4 Å². The molecule has 1 aromatic heterocycles. The van der Waals surface area contributed by atoms with Crippen molar-refractivity contribution in [3.63, 3.8) is 0 Å². The first-order valence-electron chi connectivity index (χ1n) is 5.19. The highest BCUT2D eigenvalue weighted by Crippen LogP contribution is 2.08. The number of amides is 1. The zero-order chi connectivity index (χ0) is 12.2. The van der Waals surface area contributed by atoms with Gasteiger partial charge in [-0.2, -0.15) is 0 Å². The Morgan fingerprint density at radius 1 is 1.44 bits per heavy atom. The molecule has 0 bridgehead atoms. The molecule has 0 aliphatic rings. The van der Waals surface area contributed by atoms with Gasteiger partial charge in [-0.15, -0.1) is 0 Å². The van der Waals surface area contributed by atoms with Crippen LogP contribution in [-0.4, -0.2) is 28.0 Å². The van der Waals surface area contributed by atoms with Crippen LogP contribution in [0.3, 0.4) is 0 Å². The van der Waals surface area contributed by atoms with Crippen LogP contribution < -0.4 is 10.1 Å². The van der Waals surface area contributed by atoms with Gasteiger partial charge in [-0.25, -0.2) is 9.97 Å². The van der Waals surface area contributed by atoms with Crippen LogP contribution >= 0.6 is 0 Å². The Bertz CT molecular complexity index is 372. The van der Waals surface area contributed by atoms with Gasteiger partial charge in [-0.05, 0) is 27.7 Å². The number of nitrogens with one attached hydrogen (secondary N) is 1. The summed E-state index contributed by atoms with van der Waals surface area (Å²) in [7, 11) is 0. The van der Waals surface area contributed by atoms with E-state index >= 15 is 0 Å². The maximum absolute atomic E-state index is 11.8. The lowest BCUT2D eigenvalue weighted by Crippen LogP contribution is -2.40. The van der Waals surface area contributed by atoms with Gasteiger partial charge in [0.05, 0.1) is 6.61 Å². The van der Waals surface area contributed by atoms with Gasteiger partial charge in [-0.1, -0.05) is 0 Å². The zero-order valence-electron chi connectivity index (χ0n) is 10.1. The lowest BCUT2D eigenvalue weighted by molar-refractivity contribution is 0.0913. The molecule has 5 nitrogen and oxygen atoms in total. The minimum Gasteiger partial charge on any atom is -0.478 e. The highest BCUT2D eigenvalue weighted by molar-refractivity contribution is 5.92. The van der Waals surface area contributed by atoms with Gasteiger partial charge in [0.15, 0.2) is 0 Å². The topological polar surface area (TPSA) is 64.1 Å². The smallest absolute Gasteiger partial charge is 0.270 e. The van der Waals surface area contributed by atoms with Crippen molar-refractivity contribution in [2.75, 3.05) is 6.61 Å². The predicted octanol–water partition coefficient (Wildman–Crippen LogP) is 1.40. The van der Waals surface area contributed by atoms with Crippen LogP contribution in [0.4, 0.5) is 0 Å². The lowest BCUT2D eigenvalue weighted by Gasteiger charge is -2.20. The monoisotopic (exact) mass is 223 g/mol. The molecular weight excluding hydrogens is 206 g/mol. The number of rotatable bonds is 3. The van der Waals surface area contributed by atoms with Crippen LogP contribution in [0.15, 0.2) is 12.4 Å². The third-order valence-electron chi connectivity index (χ3n) is 1.66. The van der Waals surface area contributed by atoms with E-state index < -0.39 is 0 Å². The number of hydrogen-bond donors (Lipinski definition) is 1. The van der Waals surface area contributed by atoms with Crippen LogP contribution in [0.1, 0.15) is 38.2 Å². The SMILES string of the molecule is CCOc1cc(C(=O)NC(C)(C)C)ncn1. The largest absolute Gasteiger partial charge is 0.478 e. The maximum Gasteiger partial charge on any atom is 0.270 e. The van der Waals surface area contributed by atoms with Crippen molar-refractivity contribution in [2.24, 2.45) is 0 Å². The molecule has 0 radical (unpaired) electrons. The fourth-order valence-corrected chi connectivity index (χ4v) is 1.10. The molecule has 0 unspecified atom stereocenters. The molecule has 1 aromatic rings. The molecule has 0 fully saturated rings. The summed E-state index contributed by atoms with van der Waals surface area (Å²) in [4.78, 5) is 19.6. The Morgan fingerprint density at radius 3 is 2.69 bits per heavy atom. The van der Waals surface area contributed by atoms with Crippen molar-refractivity contribution >= 4 is 5.91 Å². The van der Waals surface area contributed by atoms with Gasteiger partial charge in [0.1, 0.15) is 12.0 Å². The normalized spacial score (nSPS) is 11.0. The number of carbonyl (C=O) groups is 1. The third-order valence-corrected chi connectivity index (χ3v) is 1.66. The van der Waals surface area contributed by atoms with Crippen LogP contribution in [0.2, 0.25) is 0 Å². The molecule has 0 aromatic carbocycles. The minimum absolute atomic E-state index is 0.226. The van der Waals surface area contributed by atoms with Crippen molar-refractivity contribution in [1.29, 1.82) is 0 Å². The number of carbonyl (C=O) groups excluding carboxylic acids is 1. The van der Waals surface area contributed by atoms with E-state index in [0.29, 0.717) is 18.2 Å². The molecule has 0 saturated carbocycles. The van der Waals surface area contributed by atoms with Crippen LogP contribution in [0.25, 0.3) is 0 Å². The first-order chi connectivity index (χ1) is 7.42. The molecule has 1 N–H and O–H groups in total. The van der Waals surface area contributed by atoms with E-state index in [4.69, 9.17) is 4.74 Å². The van der Waals surface area contributed by atoms with Crippen molar-refractivity contribution in [3.8, 4) is 5.88 Å². The summed E-state index contributed by atoms with van der Waals surface area (Å²) < 4.78 is 5.20. The average Bonchev–Trinajstić information content (AvgIpc) is 2.16. The standard InChI is InChI=1S/C11H17N3O2/c1-5-16-9-6-8(12-7-13-9)10(15)14-11(2,3)4/h6-7H,5H2,1-4H3,(H,14,15). The zero-order valence-corrected chi connectivity index (χ0v) is 10.1. The molecule has 0 aliphatic carbocycles. The molecule has 5 heteroatoms. The predicted molar refractivity (Wildman–Crippen MR) is 60.4 cm³/mol. The van der Waals surface area contributed by atoms with E-state index in [2.05, 4.69) is 15.3 Å². The van der Waals surface area contributed by atoms with E-state index in [9.17, 15) is 4.79 Å². The van der Waals surface area contributed by atoms with Crippen molar-refractivity contribution < 1.29 is 9.53 Å². The number of aromatic nitrogens is 2. The summed E-state index contributed by atoms with van der Waals surface area (Å²) in [6.07, 6.45) is 1.32. The molecular formula is C11H17N3O2. The Labute approximate surface area is 95.3 Å². The van der Waals surface area contributed by atoms with Gasteiger partial charge in [-0.3, -0.25) is 4.79 Å². The Hall–Kier alpha value is -1.65. The van der Waals surface area contributed by atoms with Crippen LogP contribution in [0, 0.1) is 0 Å². The summed E-state index contributed by atoms with van der Waals surface area (Å²) in [6, 6.07) is 1.53. The molecule has 0 atom stereocenters. The number of nitrogens with zero attached hydrogens (tertiary/aromatic N) is 2. The molecule has 16 heavy (non-hydrogen) atoms. The first kappa shape index (κ1) is 12.4. The fourth-order valence-electron chi connectivity index (χ4n) is 1.10. The molecule has 1 heterocycles. The van der Waals surface area contributed by atoms with Crippen molar-refractivity contribution in [3.05, 3.63) is 18.1 Å². The van der Waals surface area contributed by atoms with Gasteiger partial charge in [0.25, 0.3) is 5.91 Å². The Balaban J connectivity index is 2.79.